The second-order valence-electron chi connectivity index (χ2n) is 6.52. The van der Waals surface area contributed by atoms with E-state index in [1.165, 1.54) is 24.9 Å². The summed E-state index contributed by atoms with van der Waals surface area (Å²) < 4.78 is 5.40. The van der Waals surface area contributed by atoms with Crippen LogP contribution < -0.4 is 0 Å². The molecule has 0 aliphatic carbocycles. The molecule has 2 aliphatic rings. The number of hydrogen-bond donors (Lipinski definition) is 1. The molecule has 2 aliphatic heterocycles. The minimum absolute atomic E-state index is 0.369. The molecule has 2 heterocycles. The van der Waals surface area contributed by atoms with Crippen LogP contribution in [0.25, 0.3) is 0 Å². The second-order valence-corrected chi connectivity index (χ2v) is 6.52. The lowest BCUT2D eigenvalue weighted by Gasteiger charge is -2.35. The SMILES string of the molecule is O=C(O)c1ccc(C2CCCN(CCN3CCOCC3)C2)cc1. The number of morpholine rings is 1. The molecule has 0 aromatic heterocycles. The Morgan fingerprint density at radius 1 is 1.09 bits per heavy atom. The molecule has 126 valence electrons. The molecule has 2 fully saturated rings. The van der Waals surface area contributed by atoms with Gasteiger partial charge in [-0.1, -0.05) is 12.1 Å². The predicted octanol–water partition coefficient (Wildman–Crippen LogP) is 1.90. The van der Waals surface area contributed by atoms with E-state index in [2.05, 4.69) is 9.80 Å². The number of ether oxygens (including phenoxy) is 1. The van der Waals surface area contributed by atoms with Crippen molar-refractivity contribution < 1.29 is 14.6 Å². The largest absolute Gasteiger partial charge is 0.478 e. The van der Waals surface area contributed by atoms with Gasteiger partial charge in [-0.2, -0.15) is 0 Å². The zero-order valence-electron chi connectivity index (χ0n) is 13.6. The van der Waals surface area contributed by atoms with E-state index in [4.69, 9.17) is 9.84 Å². The molecule has 5 heteroatoms. The second kappa shape index (κ2) is 7.90. The molecule has 0 spiro atoms. The molecule has 1 N–H and O–H groups in total. The van der Waals surface area contributed by atoms with E-state index in [0.717, 1.165) is 45.9 Å². The van der Waals surface area contributed by atoms with Gasteiger partial charge in [0.25, 0.3) is 0 Å². The molecule has 1 aromatic rings. The van der Waals surface area contributed by atoms with Crippen molar-refractivity contribution in [3.8, 4) is 0 Å². The first kappa shape index (κ1) is 16.4. The van der Waals surface area contributed by atoms with Crippen LogP contribution in [0.1, 0.15) is 34.7 Å². The fraction of sp³-hybridized carbons (Fsp3) is 0.611. The van der Waals surface area contributed by atoms with E-state index < -0.39 is 5.97 Å². The minimum Gasteiger partial charge on any atom is -0.478 e. The van der Waals surface area contributed by atoms with Crippen LogP contribution in [0.5, 0.6) is 0 Å². The first-order chi connectivity index (χ1) is 11.2. The van der Waals surface area contributed by atoms with Gasteiger partial charge in [0.2, 0.25) is 0 Å². The smallest absolute Gasteiger partial charge is 0.335 e. The summed E-state index contributed by atoms with van der Waals surface area (Å²) in [5.74, 6) is -0.330. The maximum Gasteiger partial charge on any atom is 0.335 e. The lowest BCUT2D eigenvalue weighted by molar-refractivity contribution is 0.0319. The molecule has 0 radical (unpaired) electrons. The van der Waals surface area contributed by atoms with Crippen LogP contribution in [-0.2, 0) is 4.74 Å². The Morgan fingerprint density at radius 3 is 2.48 bits per heavy atom. The number of piperidine rings is 1. The molecule has 2 saturated heterocycles. The fourth-order valence-electron chi connectivity index (χ4n) is 3.54. The van der Waals surface area contributed by atoms with Gasteiger partial charge in [-0.3, -0.25) is 4.90 Å². The molecule has 1 unspecified atom stereocenters. The lowest BCUT2D eigenvalue weighted by Crippen LogP contribution is -2.43. The summed E-state index contributed by atoms with van der Waals surface area (Å²) in [6.07, 6.45) is 2.41. The molecule has 23 heavy (non-hydrogen) atoms. The van der Waals surface area contributed by atoms with Crippen LogP contribution in [0.2, 0.25) is 0 Å². The standard InChI is InChI=1S/C18H26N2O3/c21-18(22)16-5-3-15(4-6-16)17-2-1-7-20(14-17)9-8-19-10-12-23-13-11-19/h3-6,17H,1-2,7-14H2,(H,21,22). The predicted molar refractivity (Wildman–Crippen MR) is 89.1 cm³/mol. The number of carboxylic acid groups (broad SMARTS) is 1. The van der Waals surface area contributed by atoms with Gasteiger partial charge in [-0.05, 0) is 43.0 Å². The summed E-state index contributed by atoms with van der Waals surface area (Å²) in [6, 6.07) is 7.42. The van der Waals surface area contributed by atoms with Crippen molar-refractivity contribution in [3.63, 3.8) is 0 Å². The summed E-state index contributed by atoms with van der Waals surface area (Å²) in [5, 5.41) is 9.00. The Balaban J connectivity index is 1.52. The zero-order chi connectivity index (χ0) is 16.1. The highest BCUT2D eigenvalue weighted by Crippen LogP contribution is 2.27. The monoisotopic (exact) mass is 318 g/mol. The Bertz CT molecular complexity index is 512. The Kier molecular flexibility index (Phi) is 5.65. The van der Waals surface area contributed by atoms with Crippen LogP contribution in [0, 0.1) is 0 Å². The average molecular weight is 318 g/mol. The van der Waals surface area contributed by atoms with Gasteiger partial charge < -0.3 is 14.7 Å². The van der Waals surface area contributed by atoms with E-state index in [-0.39, 0.29) is 0 Å². The summed E-state index contributed by atoms with van der Waals surface area (Å²) in [7, 11) is 0. The molecule has 0 bridgehead atoms. The highest BCUT2D eigenvalue weighted by atomic mass is 16.5. The Hall–Kier alpha value is -1.43. The Labute approximate surface area is 137 Å². The third-order valence-corrected chi connectivity index (χ3v) is 4.97. The molecule has 0 saturated carbocycles. The highest BCUT2D eigenvalue weighted by Gasteiger charge is 2.22. The van der Waals surface area contributed by atoms with Gasteiger partial charge in [0.1, 0.15) is 0 Å². The fourth-order valence-corrected chi connectivity index (χ4v) is 3.54. The van der Waals surface area contributed by atoms with E-state index in [1.54, 1.807) is 12.1 Å². The van der Waals surface area contributed by atoms with Gasteiger partial charge in [0.15, 0.2) is 0 Å². The molecule has 5 nitrogen and oxygen atoms in total. The zero-order valence-corrected chi connectivity index (χ0v) is 13.6. The number of aromatic carboxylic acids is 1. The van der Waals surface area contributed by atoms with Crippen LogP contribution in [0.4, 0.5) is 0 Å². The maximum absolute atomic E-state index is 11.0. The van der Waals surface area contributed by atoms with Gasteiger partial charge in [-0.15, -0.1) is 0 Å². The number of rotatable bonds is 5. The van der Waals surface area contributed by atoms with Crippen LogP contribution in [-0.4, -0.2) is 73.4 Å². The minimum atomic E-state index is -0.854. The first-order valence-electron chi connectivity index (χ1n) is 8.58. The number of nitrogens with zero attached hydrogens (tertiary/aromatic N) is 2. The molecular weight excluding hydrogens is 292 g/mol. The van der Waals surface area contributed by atoms with Gasteiger partial charge in [0, 0.05) is 32.7 Å². The number of carbonyl (C=O) groups is 1. The van der Waals surface area contributed by atoms with Gasteiger partial charge in [-0.25, -0.2) is 4.79 Å². The quantitative estimate of drug-likeness (QED) is 0.898. The molecule has 1 atom stereocenters. The van der Waals surface area contributed by atoms with Gasteiger partial charge >= 0.3 is 5.97 Å². The normalized spacial score (nSPS) is 23.7. The third-order valence-electron chi connectivity index (χ3n) is 4.97. The van der Waals surface area contributed by atoms with Crippen LogP contribution in [0.3, 0.4) is 0 Å². The Morgan fingerprint density at radius 2 is 1.78 bits per heavy atom. The van der Waals surface area contributed by atoms with Crippen molar-refractivity contribution in [2.24, 2.45) is 0 Å². The maximum atomic E-state index is 11.0. The van der Waals surface area contributed by atoms with E-state index in [9.17, 15) is 4.79 Å². The third kappa shape index (κ3) is 4.53. The number of carboxylic acids is 1. The van der Waals surface area contributed by atoms with Crippen molar-refractivity contribution in [3.05, 3.63) is 35.4 Å². The molecular formula is C18H26N2O3. The topological polar surface area (TPSA) is 53.0 Å². The summed E-state index contributed by atoms with van der Waals surface area (Å²) in [4.78, 5) is 16.0. The van der Waals surface area contributed by atoms with Crippen molar-refractivity contribution >= 4 is 5.97 Å². The van der Waals surface area contributed by atoms with Gasteiger partial charge in [0.05, 0.1) is 18.8 Å². The van der Waals surface area contributed by atoms with Crippen molar-refractivity contribution in [1.29, 1.82) is 0 Å². The van der Waals surface area contributed by atoms with E-state index >= 15 is 0 Å². The van der Waals surface area contributed by atoms with Crippen molar-refractivity contribution in [1.82, 2.24) is 9.80 Å². The van der Waals surface area contributed by atoms with Crippen LogP contribution >= 0.6 is 0 Å². The van der Waals surface area contributed by atoms with Crippen LogP contribution in [0.15, 0.2) is 24.3 Å². The lowest BCUT2D eigenvalue weighted by atomic mass is 9.90. The molecule has 0 amide bonds. The summed E-state index contributed by atoms with van der Waals surface area (Å²) in [6.45, 7) is 8.31. The number of hydrogen-bond acceptors (Lipinski definition) is 4. The number of likely N-dealkylation sites (tertiary alicyclic amines) is 1. The molecule has 1 aromatic carbocycles. The highest BCUT2D eigenvalue weighted by molar-refractivity contribution is 5.87. The first-order valence-corrected chi connectivity index (χ1v) is 8.58. The average Bonchev–Trinajstić information content (AvgIpc) is 2.61. The van der Waals surface area contributed by atoms with Crippen molar-refractivity contribution in [2.45, 2.75) is 18.8 Å². The van der Waals surface area contributed by atoms with E-state index in [0.29, 0.717) is 11.5 Å². The summed E-state index contributed by atoms with van der Waals surface area (Å²) in [5.41, 5.74) is 1.64. The summed E-state index contributed by atoms with van der Waals surface area (Å²) >= 11 is 0. The van der Waals surface area contributed by atoms with E-state index in [1.807, 2.05) is 12.1 Å². The van der Waals surface area contributed by atoms with Crippen molar-refractivity contribution in [2.75, 3.05) is 52.5 Å². The molecule has 3 rings (SSSR count). The number of benzene rings is 1.